The predicted octanol–water partition coefficient (Wildman–Crippen LogP) is 2.90. The molecule has 3 rings (SSSR count). The van der Waals surface area contributed by atoms with Crippen molar-refractivity contribution in [1.29, 1.82) is 0 Å². The van der Waals surface area contributed by atoms with Gasteiger partial charge in [-0.3, -0.25) is 9.79 Å². The van der Waals surface area contributed by atoms with E-state index in [2.05, 4.69) is 14.7 Å². The average molecular weight is 351 g/mol. The van der Waals surface area contributed by atoms with Crippen molar-refractivity contribution in [2.75, 3.05) is 7.11 Å². The molecule has 26 heavy (non-hydrogen) atoms. The molecule has 2 aromatic carbocycles. The van der Waals surface area contributed by atoms with Crippen LogP contribution in [0.5, 0.6) is 5.88 Å². The highest BCUT2D eigenvalue weighted by molar-refractivity contribution is 6.13. The van der Waals surface area contributed by atoms with Crippen LogP contribution in [0.1, 0.15) is 33.2 Å². The van der Waals surface area contributed by atoms with Crippen molar-refractivity contribution in [3.63, 3.8) is 0 Å². The first-order valence-corrected chi connectivity index (χ1v) is 7.79. The lowest BCUT2D eigenvalue weighted by molar-refractivity contribution is 0.0600. The highest BCUT2D eigenvalue weighted by Gasteiger charge is 2.15. The van der Waals surface area contributed by atoms with Gasteiger partial charge in [-0.05, 0) is 43.3 Å². The molecule has 0 radical (unpaired) electrons. The first-order valence-electron chi connectivity index (χ1n) is 7.79. The van der Waals surface area contributed by atoms with E-state index in [0.717, 1.165) is 5.39 Å². The molecule has 1 aromatic heterocycles. The van der Waals surface area contributed by atoms with Gasteiger partial charge in [0.1, 0.15) is 0 Å². The normalized spacial score (nSPS) is 11.5. The summed E-state index contributed by atoms with van der Waals surface area (Å²) in [5.41, 5.74) is 8.38. The van der Waals surface area contributed by atoms with Gasteiger partial charge in [0.15, 0.2) is 5.88 Å². The molecule has 3 aromatic rings. The monoisotopic (exact) mass is 351 g/mol. The van der Waals surface area contributed by atoms with E-state index in [-0.39, 0.29) is 5.88 Å². The first-order chi connectivity index (χ1) is 12.4. The minimum atomic E-state index is -0.543. The summed E-state index contributed by atoms with van der Waals surface area (Å²) in [5, 5.41) is 11.0. The molecule has 1 amide bonds. The molecule has 0 aliphatic carbocycles. The van der Waals surface area contributed by atoms with Crippen LogP contribution >= 0.6 is 0 Å². The molecule has 4 N–H and O–H groups in total. The Balaban J connectivity index is 2.00. The van der Waals surface area contributed by atoms with Crippen molar-refractivity contribution in [3.8, 4) is 5.88 Å². The molecule has 0 aliphatic heterocycles. The maximum Gasteiger partial charge on any atom is 0.337 e. The number of H-pyrrole nitrogens is 1. The molecule has 0 fully saturated rings. The first kappa shape index (κ1) is 17.2. The SMILES string of the molecule is COC(=O)c1ccc(N=C(C)c2c(O)[nH]c3cc(C(N)=O)ccc23)cc1. The summed E-state index contributed by atoms with van der Waals surface area (Å²) in [4.78, 5) is 30.1. The van der Waals surface area contributed by atoms with E-state index in [1.807, 2.05) is 0 Å². The van der Waals surface area contributed by atoms with Crippen LogP contribution in [0.4, 0.5) is 5.69 Å². The number of nitrogens with zero attached hydrogens (tertiary/aromatic N) is 1. The number of hydrogen-bond donors (Lipinski definition) is 3. The zero-order chi connectivity index (χ0) is 18.8. The van der Waals surface area contributed by atoms with Crippen molar-refractivity contribution >= 4 is 34.2 Å². The number of primary amides is 1. The second kappa shape index (κ2) is 6.72. The Hall–Kier alpha value is -3.61. The van der Waals surface area contributed by atoms with Gasteiger partial charge in [0.05, 0.1) is 29.6 Å². The topological polar surface area (TPSA) is 118 Å². The number of amides is 1. The fraction of sp³-hybridized carbons (Fsp3) is 0.105. The number of fused-ring (bicyclic) bond motifs is 1. The molecular formula is C19H17N3O4. The molecular weight excluding hydrogens is 334 g/mol. The van der Waals surface area contributed by atoms with Crippen molar-refractivity contribution in [2.24, 2.45) is 10.7 Å². The van der Waals surface area contributed by atoms with Crippen LogP contribution in [0.3, 0.4) is 0 Å². The summed E-state index contributed by atoms with van der Waals surface area (Å²) >= 11 is 0. The van der Waals surface area contributed by atoms with Crippen molar-refractivity contribution in [2.45, 2.75) is 6.92 Å². The van der Waals surface area contributed by atoms with E-state index in [9.17, 15) is 14.7 Å². The van der Waals surface area contributed by atoms with Gasteiger partial charge < -0.3 is 20.6 Å². The van der Waals surface area contributed by atoms with Crippen LogP contribution in [0, 0.1) is 0 Å². The molecule has 0 atom stereocenters. The molecule has 0 bridgehead atoms. The van der Waals surface area contributed by atoms with Crippen LogP contribution in [0.15, 0.2) is 47.5 Å². The fourth-order valence-electron chi connectivity index (χ4n) is 2.74. The molecule has 0 aliphatic rings. The van der Waals surface area contributed by atoms with Gasteiger partial charge in [0, 0.05) is 16.5 Å². The third-order valence-electron chi connectivity index (χ3n) is 4.01. The number of carbonyl (C=O) groups excluding carboxylic acids is 2. The number of esters is 1. The maximum atomic E-state index is 11.5. The van der Waals surface area contributed by atoms with Gasteiger partial charge in [-0.2, -0.15) is 0 Å². The maximum absolute atomic E-state index is 11.5. The number of nitrogens with two attached hydrogens (primary N) is 1. The van der Waals surface area contributed by atoms with E-state index in [4.69, 9.17) is 5.73 Å². The Bertz CT molecular complexity index is 1030. The number of rotatable bonds is 4. The lowest BCUT2D eigenvalue weighted by atomic mass is 10.1. The number of ether oxygens (including phenoxy) is 1. The molecule has 1 heterocycles. The van der Waals surface area contributed by atoms with E-state index >= 15 is 0 Å². The lowest BCUT2D eigenvalue weighted by Crippen LogP contribution is -2.10. The number of aliphatic imine (C=N–C) groups is 1. The Morgan fingerprint density at radius 1 is 1.12 bits per heavy atom. The summed E-state index contributed by atoms with van der Waals surface area (Å²) in [6, 6.07) is 11.5. The number of aromatic amines is 1. The summed E-state index contributed by atoms with van der Waals surface area (Å²) in [7, 11) is 1.32. The van der Waals surface area contributed by atoms with E-state index in [0.29, 0.717) is 33.6 Å². The fourth-order valence-corrected chi connectivity index (χ4v) is 2.74. The minimum Gasteiger partial charge on any atom is -0.494 e. The van der Waals surface area contributed by atoms with Gasteiger partial charge in [-0.1, -0.05) is 6.07 Å². The van der Waals surface area contributed by atoms with Crippen LogP contribution in [-0.4, -0.2) is 34.8 Å². The zero-order valence-electron chi connectivity index (χ0n) is 14.2. The van der Waals surface area contributed by atoms with Gasteiger partial charge in [-0.15, -0.1) is 0 Å². The standard InChI is InChI=1S/C19H17N3O4/c1-10(21-13-6-3-11(4-7-13)19(25)26-2)16-14-8-5-12(17(20)23)9-15(14)22-18(16)24/h3-9,22,24H,1-2H3,(H2,20,23). The van der Waals surface area contributed by atoms with Crippen LogP contribution < -0.4 is 5.73 Å². The quantitative estimate of drug-likeness (QED) is 0.495. The third kappa shape index (κ3) is 3.14. The molecule has 0 unspecified atom stereocenters. The Morgan fingerprint density at radius 2 is 1.77 bits per heavy atom. The van der Waals surface area contributed by atoms with Crippen LogP contribution in [0.25, 0.3) is 10.9 Å². The van der Waals surface area contributed by atoms with Gasteiger partial charge in [0.2, 0.25) is 5.91 Å². The molecule has 0 spiro atoms. The third-order valence-corrected chi connectivity index (χ3v) is 4.01. The van der Waals surface area contributed by atoms with E-state index in [1.54, 1.807) is 49.4 Å². The predicted molar refractivity (Wildman–Crippen MR) is 98.1 cm³/mol. The van der Waals surface area contributed by atoms with Crippen molar-refractivity contribution < 1.29 is 19.4 Å². The molecule has 7 nitrogen and oxygen atoms in total. The molecule has 7 heteroatoms. The number of methoxy groups -OCH3 is 1. The van der Waals surface area contributed by atoms with E-state index in [1.165, 1.54) is 7.11 Å². The number of aromatic hydroxyl groups is 1. The highest BCUT2D eigenvalue weighted by Crippen LogP contribution is 2.29. The second-order valence-corrected chi connectivity index (χ2v) is 5.71. The number of carbonyl (C=O) groups is 2. The summed E-state index contributed by atoms with van der Waals surface area (Å²) in [5.74, 6) is -1.01. The molecule has 0 saturated carbocycles. The largest absolute Gasteiger partial charge is 0.494 e. The number of aromatic nitrogens is 1. The smallest absolute Gasteiger partial charge is 0.337 e. The van der Waals surface area contributed by atoms with Gasteiger partial charge in [-0.25, -0.2) is 4.79 Å². The lowest BCUT2D eigenvalue weighted by Gasteiger charge is -2.03. The molecule has 132 valence electrons. The Kier molecular flexibility index (Phi) is 4.45. The van der Waals surface area contributed by atoms with Gasteiger partial charge >= 0.3 is 5.97 Å². The number of hydrogen-bond acceptors (Lipinski definition) is 5. The zero-order valence-corrected chi connectivity index (χ0v) is 14.2. The number of benzene rings is 2. The van der Waals surface area contributed by atoms with Crippen LogP contribution in [-0.2, 0) is 4.74 Å². The van der Waals surface area contributed by atoms with E-state index < -0.39 is 11.9 Å². The second-order valence-electron chi connectivity index (χ2n) is 5.71. The minimum absolute atomic E-state index is 0.0472. The van der Waals surface area contributed by atoms with Crippen molar-refractivity contribution in [1.82, 2.24) is 4.98 Å². The number of nitrogens with one attached hydrogen (secondary N) is 1. The average Bonchev–Trinajstić information content (AvgIpc) is 2.96. The highest BCUT2D eigenvalue weighted by atomic mass is 16.5. The Morgan fingerprint density at radius 3 is 2.38 bits per heavy atom. The van der Waals surface area contributed by atoms with Gasteiger partial charge in [0.25, 0.3) is 0 Å². The Labute approximate surface area is 149 Å². The summed E-state index contributed by atoms with van der Waals surface area (Å²) in [6.07, 6.45) is 0. The molecule has 0 saturated heterocycles. The van der Waals surface area contributed by atoms with Crippen LogP contribution in [0.2, 0.25) is 0 Å². The summed E-state index contributed by atoms with van der Waals surface area (Å²) in [6.45, 7) is 1.76. The van der Waals surface area contributed by atoms with Crippen molar-refractivity contribution in [3.05, 3.63) is 59.2 Å². The summed E-state index contributed by atoms with van der Waals surface area (Å²) < 4.78 is 4.66.